The van der Waals surface area contributed by atoms with E-state index in [1.807, 2.05) is 20.8 Å². The smallest absolute Gasteiger partial charge is 0.410 e. The number of pyridine rings is 1. The summed E-state index contributed by atoms with van der Waals surface area (Å²) in [5.74, 6) is 1.28. The number of rotatable bonds is 2. The van der Waals surface area contributed by atoms with Crippen molar-refractivity contribution in [2.24, 2.45) is 0 Å². The van der Waals surface area contributed by atoms with E-state index in [4.69, 9.17) is 21.1 Å². The Balaban J connectivity index is 1.79. The molecule has 2 aromatic rings. The van der Waals surface area contributed by atoms with Crippen LogP contribution in [0, 0.1) is 0 Å². The van der Waals surface area contributed by atoms with Crippen molar-refractivity contribution >= 4 is 34.5 Å². The molecule has 1 saturated heterocycles. The summed E-state index contributed by atoms with van der Waals surface area (Å²) in [4.78, 5) is 28.7. The van der Waals surface area contributed by atoms with Crippen LogP contribution in [0.1, 0.15) is 20.8 Å². The minimum Gasteiger partial charge on any atom is -0.493 e. The molecule has 140 valence electrons. The summed E-state index contributed by atoms with van der Waals surface area (Å²) in [7, 11) is 1.59. The van der Waals surface area contributed by atoms with Crippen molar-refractivity contribution in [1.82, 2.24) is 19.9 Å². The van der Waals surface area contributed by atoms with Gasteiger partial charge in [-0.1, -0.05) is 11.6 Å². The molecule has 0 radical (unpaired) electrons. The zero-order valence-electron chi connectivity index (χ0n) is 15.3. The Morgan fingerprint density at radius 1 is 1.19 bits per heavy atom. The molecule has 0 unspecified atom stereocenters. The zero-order chi connectivity index (χ0) is 18.9. The molecule has 8 nitrogen and oxygen atoms in total. The number of halogens is 1. The number of hydrogen-bond acceptors (Lipinski definition) is 7. The number of anilines is 1. The maximum absolute atomic E-state index is 12.2. The van der Waals surface area contributed by atoms with E-state index in [9.17, 15) is 4.79 Å². The van der Waals surface area contributed by atoms with Gasteiger partial charge in [-0.25, -0.2) is 19.7 Å². The quantitative estimate of drug-likeness (QED) is 0.742. The number of hydrogen-bond donors (Lipinski definition) is 0. The van der Waals surface area contributed by atoms with E-state index in [0.717, 1.165) is 0 Å². The number of piperazine rings is 1. The number of carbonyl (C=O) groups is 1. The van der Waals surface area contributed by atoms with Crippen LogP contribution in [-0.2, 0) is 4.74 Å². The Kier molecular flexibility index (Phi) is 5.04. The molecule has 3 rings (SSSR count). The largest absolute Gasteiger partial charge is 0.493 e. The van der Waals surface area contributed by atoms with Gasteiger partial charge in [0.15, 0.2) is 16.7 Å². The maximum atomic E-state index is 12.2. The summed E-state index contributed by atoms with van der Waals surface area (Å²) in [6, 6.07) is 1.80. The normalized spacial score (nSPS) is 15.3. The van der Waals surface area contributed by atoms with Crippen molar-refractivity contribution in [3.63, 3.8) is 0 Å². The number of nitrogens with zero attached hydrogens (tertiary/aromatic N) is 5. The fourth-order valence-corrected chi connectivity index (χ4v) is 2.92. The van der Waals surface area contributed by atoms with Crippen molar-refractivity contribution in [2.45, 2.75) is 26.4 Å². The molecule has 0 atom stereocenters. The summed E-state index contributed by atoms with van der Waals surface area (Å²) >= 11 is 6.15. The van der Waals surface area contributed by atoms with Gasteiger partial charge in [0.1, 0.15) is 17.4 Å². The molecule has 0 bridgehead atoms. The molecule has 1 amide bonds. The van der Waals surface area contributed by atoms with Crippen LogP contribution in [0.25, 0.3) is 11.0 Å². The molecular weight excluding hydrogens is 358 g/mol. The van der Waals surface area contributed by atoms with Crippen LogP contribution < -0.4 is 9.64 Å². The van der Waals surface area contributed by atoms with Crippen LogP contribution in [0.4, 0.5) is 10.6 Å². The predicted octanol–water partition coefficient (Wildman–Crippen LogP) is 2.74. The number of fused-ring (bicyclic) bond motifs is 1. The molecule has 0 spiro atoms. The van der Waals surface area contributed by atoms with E-state index < -0.39 is 5.60 Å². The van der Waals surface area contributed by atoms with Crippen molar-refractivity contribution in [3.8, 4) is 5.75 Å². The van der Waals surface area contributed by atoms with Gasteiger partial charge in [-0.2, -0.15) is 0 Å². The van der Waals surface area contributed by atoms with Gasteiger partial charge in [-0.05, 0) is 20.8 Å². The van der Waals surface area contributed by atoms with Crippen LogP contribution in [-0.4, -0.2) is 64.8 Å². The van der Waals surface area contributed by atoms with Gasteiger partial charge in [0.25, 0.3) is 0 Å². The predicted molar refractivity (Wildman–Crippen MR) is 98.9 cm³/mol. The maximum Gasteiger partial charge on any atom is 0.410 e. The van der Waals surface area contributed by atoms with Crippen LogP contribution in [0.5, 0.6) is 5.75 Å². The van der Waals surface area contributed by atoms with Gasteiger partial charge in [0.05, 0.1) is 12.6 Å². The first-order chi connectivity index (χ1) is 12.3. The van der Waals surface area contributed by atoms with Gasteiger partial charge in [0.2, 0.25) is 0 Å². The summed E-state index contributed by atoms with van der Waals surface area (Å²) in [5, 5.41) is 0.297. The fraction of sp³-hybridized carbons (Fsp3) is 0.529. The molecule has 3 heterocycles. The number of amides is 1. The molecular formula is C17H22ClN5O3. The first-order valence-corrected chi connectivity index (χ1v) is 8.74. The van der Waals surface area contributed by atoms with Crippen molar-refractivity contribution in [1.29, 1.82) is 0 Å². The molecule has 9 heteroatoms. The summed E-state index contributed by atoms with van der Waals surface area (Å²) < 4.78 is 10.9. The Hall–Kier alpha value is -2.35. The SMILES string of the molecule is COc1cc2ncnc(Cl)c2nc1N1CCN(C(=O)OC(C)(C)C)CC1. The van der Waals surface area contributed by atoms with E-state index >= 15 is 0 Å². The fourth-order valence-electron chi connectivity index (χ4n) is 2.73. The van der Waals surface area contributed by atoms with Gasteiger partial charge >= 0.3 is 6.09 Å². The van der Waals surface area contributed by atoms with E-state index in [0.29, 0.717) is 53.9 Å². The van der Waals surface area contributed by atoms with Crippen molar-refractivity contribution in [2.75, 3.05) is 38.2 Å². The average Bonchev–Trinajstić information content (AvgIpc) is 2.60. The lowest BCUT2D eigenvalue weighted by molar-refractivity contribution is 0.0240. The molecule has 1 aliphatic heterocycles. The third kappa shape index (κ3) is 3.90. The average molecular weight is 380 g/mol. The Morgan fingerprint density at radius 2 is 1.88 bits per heavy atom. The molecule has 1 fully saturated rings. The first-order valence-electron chi connectivity index (χ1n) is 8.36. The van der Waals surface area contributed by atoms with E-state index in [2.05, 4.69) is 19.9 Å². The number of carbonyl (C=O) groups excluding carboxylic acids is 1. The standard InChI is InChI=1S/C17H22ClN5O3/c1-17(2,3)26-16(24)23-7-5-22(6-8-23)15-12(25-4)9-11-13(21-15)14(18)20-10-19-11/h9-10H,5-8H2,1-4H3. The highest BCUT2D eigenvalue weighted by Crippen LogP contribution is 2.31. The van der Waals surface area contributed by atoms with Crippen LogP contribution in [0.3, 0.4) is 0 Å². The molecule has 2 aromatic heterocycles. The topological polar surface area (TPSA) is 80.7 Å². The summed E-state index contributed by atoms with van der Waals surface area (Å²) in [6.45, 7) is 7.87. The third-order valence-electron chi connectivity index (χ3n) is 3.96. The highest BCUT2D eigenvalue weighted by atomic mass is 35.5. The number of ether oxygens (including phenoxy) is 2. The number of aromatic nitrogens is 3. The first kappa shape index (κ1) is 18.4. The second-order valence-corrected chi connectivity index (χ2v) is 7.36. The Labute approximate surface area is 157 Å². The highest BCUT2D eigenvalue weighted by molar-refractivity contribution is 6.33. The van der Waals surface area contributed by atoms with Gasteiger partial charge < -0.3 is 19.3 Å². The molecule has 0 aliphatic carbocycles. The van der Waals surface area contributed by atoms with Crippen LogP contribution >= 0.6 is 11.6 Å². The molecule has 26 heavy (non-hydrogen) atoms. The number of methoxy groups -OCH3 is 1. The lowest BCUT2D eigenvalue weighted by Crippen LogP contribution is -2.50. The Morgan fingerprint density at radius 3 is 2.50 bits per heavy atom. The lowest BCUT2D eigenvalue weighted by Gasteiger charge is -2.36. The van der Waals surface area contributed by atoms with Crippen molar-refractivity contribution < 1.29 is 14.3 Å². The highest BCUT2D eigenvalue weighted by Gasteiger charge is 2.27. The monoisotopic (exact) mass is 379 g/mol. The van der Waals surface area contributed by atoms with E-state index in [-0.39, 0.29) is 6.09 Å². The third-order valence-corrected chi connectivity index (χ3v) is 4.24. The van der Waals surface area contributed by atoms with Crippen LogP contribution in [0.15, 0.2) is 12.4 Å². The molecule has 1 aliphatic rings. The van der Waals surface area contributed by atoms with Gasteiger partial charge in [-0.15, -0.1) is 0 Å². The Bertz CT molecular complexity index is 816. The van der Waals surface area contributed by atoms with E-state index in [1.54, 1.807) is 18.1 Å². The van der Waals surface area contributed by atoms with E-state index in [1.165, 1.54) is 6.33 Å². The van der Waals surface area contributed by atoms with Gasteiger partial charge in [-0.3, -0.25) is 0 Å². The van der Waals surface area contributed by atoms with Crippen molar-refractivity contribution in [3.05, 3.63) is 17.5 Å². The molecule has 0 aromatic carbocycles. The van der Waals surface area contributed by atoms with Gasteiger partial charge in [0, 0.05) is 32.2 Å². The van der Waals surface area contributed by atoms with Crippen LogP contribution in [0.2, 0.25) is 5.15 Å². The second kappa shape index (κ2) is 7.11. The minimum atomic E-state index is -0.506. The molecule has 0 saturated carbocycles. The minimum absolute atomic E-state index is 0.297. The molecule has 0 N–H and O–H groups in total. The second-order valence-electron chi connectivity index (χ2n) is 7.00. The summed E-state index contributed by atoms with van der Waals surface area (Å²) in [6.07, 6.45) is 1.09. The lowest BCUT2D eigenvalue weighted by atomic mass is 10.2. The summed E-state index contributed by atoms with van der Waals surface area (Å²) in [5.41, 5.74) is 0.645. The zero-order valence-corrected chi connectivity index (χ0v) is 16.1.